The Balaban J connectivity index is 1.75. The molecule has 1 aliphatic heterocycles. The molecule has 1 aromatic heterocycles. The number of hydrogen-bond donors (Lipinski definition) is 1. The zero-order valence-electron chi connectivity index (χ0n) is 13.2. The fourth-order valence-electron chi connectivity index (χ4n) is 3.23. The van der Waals surface area contributed by atoms with Crippen LogP contribution in [-0.4, -0.2) is 21.9 Å². The van der Waals surface area contributed by atoms with E-state index in [-0.39, 0.29) is 12.1 Å². The Bertz CT molecular complexity index is 846. The molecule has 0 bridgehead atoms. The Hall–Kier alpha value is -2.53. The molecule has 24 heavy (non-hydrogen) atoms. The zero-order valence-corrected chi connectivity index (χ0v) is 13.9. The summed E-state index contributed by atoms with van der Waals surface area (Å²) in [4.78, 5) is 4.36. The number of ether oxygens (including phenoxy) is 1. The molecule has 0 fully saturated rings. The van der Waals surface area contributed by atoms with E-state index in [0.29, 0.717) is 0 Å². The number of nitrogens with zero attached hydrogens (tertiary/aromatic N) is 3. The summed E-state index contributed by atoms with van der Waals surface area (Å²) in [5.41, 5.74) is 2.28. The third-order valence-corrected chi connectivity index (χ3v) is 4.65. The van der Waals surface area contributed by atoms with E-state index >= 15 is 0 Å². The Morgan fingerprint density at radius 2 is 1.96 bits per heavy atom. The molecule has 2 heterocycles. The molecule has 1 aliphatic rings. The van der Waals surface area contributed by atoms with Gasteiger partial charge in [-0.15, -0.1) is 0 Å². The predicted molar refractivity (Wildman–Crippen MR) is 93.6 cm³/mol. The van der Waals surface area contributed by atoms with Crippen molar-refractivity contribution in [3.63, 3.8) is 0 Å². The van der Waals surface area contributed by atoms with Crippen LogP contribution in [0.25, 0.3) is 0 Å². The van der Waals surface area contributed by atoms with Crippen LogP contribution in [0.4, 0.5) is 5.95 Å². The lowest BCUT2D eigenvalue weighted by molar-refractivity contribution is 0.380. The summed E-state index contributed by atoms with van der Waals surface area (Å²) < 4.78 is 7.47. The maximum atomic E-state index is 6.01. The van der Waals surface area contributed by atoms with Crippen molar-refractivity contribution in [3.8, 4) is 5.75 Å². The van der Waals surface area contributed by atoms with Crippen LogP contribution in [0, 0.1) is 0 Å². The topological polar surface area (TPSA) is 52.0 Å². The Kier molecular flexibility index (Phi) is 3.86. The predicted octanol–water partition coefficient (Wildman–Crippen LogP) is 4.09. The van der Waals surface area contributed by atoms with Crippen LogP contribution in [0.15, 0.2) is 54.9 Å². The quantitative estimate of drug-likeness (QED) is 0.780. The van der Waals surface area contributed by atoms with Gasteiger partial charge in [0.1, 0.15) is 12.1 Å². The van der Waals surface area contributed by atoms with Crippen LogP contribution < -0.4 is 10.1 Å². The maximum Gasteiger partial charge on any atom is 0.222 e. The molecule has 5 nitrogen and oxygen atoms in total. The molecule has 0 amide bonds. The number of rotatable bonds is 3. The number of para-hydroxylation sites is 1. The average Bonchev–Trinajstić information content (AvgIpc) is 3.10. The molecular formula is C18H17ClN4O. The van der Waals surface area contributed by atoms with Gasteiger partial charge in [0.05, 0.1) is 19.2 Å². The second kappa shape index (κ2) is 6.17. The minimum absolute atomic E-state index is 0.0561. The van der Waals surface area contributed by atoms with Crippen molar-refractivity contribution < 1.29 is 4.74 Å². The summed E-state index contributed by atoms with van der Waals surface area (Å²) in [6.45, 7) is 0. The molecule has 2 aromatic carbocycles. The smallest absolute Gasteiger partial charge is 0.222 e. The molecular weight excluding hydrogens is 324 g/mol. The fraction of sp³-hybridized carbons (Fsp3) is 0.222. The van der Waals surface area contributed by atoms with Crippen molar-refractivity contribution in [1.82, 2.24) is 14.8 Å². The minimum atomic E-state index is 0.0561. The van der Waals surface area contributed by atoms with E-state index in [9.17, 15) is 0 Å². The summed E-state index contributed by atoms with van der Waals surface area (Å²) in [5.74, 6) is 1.62. The van der Waals surface area contributed by atoms with Crippen LogP contribution in [0.1, 0.15) is 29.6 Å². The highest BCUT2D eigenvalue weighted by molar-refractivity contribution is 6.30. The largest absolute Gasteiger partial charge is 0.496 e. The van der Waals surface area contributed by atoms with Gasteiger partial charge in [0, 0.05) is 10.6 Å². The Labute approximate surface area is 145 Å². The minimum Gasteiger partial charge on any atom is -0.496 e. The van der Waals surface area contributed by atoms with E-state index in [1.54, 1.807) is 13.4 Å². The molecule has 0 saturated carbocycles. The van der Waals surface area contributed by atoms with Crippen LogP contribution >= 0.6 is 11.6 Å². The van der Waals surface area contributed by atoms with Gasteiger partial charge in [0.2, 0.25) is 5.95 Å². The second-order valence-corrected chi connectivity index (χ2v) is 6.21. The molecule has 0 spiro atoms. The lowest BCUT2D eigenvalue weighted by atomic mass is 9.93. The first-order valence-electron chi connectivity index (χ1n) is 7.80. The number of nitrogens with one attached hydrogen (secondary N) is 1. The fourth-order valence-corrected chi connectivity index (χ4v) is 3.36. The van der Waals surface area contributed by atoms with Gasteiger partial charge < -0.3 is 10.1 Å². The molecule has 0 saturated heterocycles. The van der Waals surface area contributed by atoms with Gasteiger partial charge in [0.25, 0.3) is 0 Å². The highest BCUT2D eigenvalue weighted by Crippen LogP contribution is 2.40. The molecule has 122 valence electrons. The number of fused-ring (bicyclic) bond motifs is 1. The van der Waals surface area contributed by atoms with E-state index in [2.05, 4.69) is 21.5 Å². The van der Waals surface area contributed by atoms with Crippen LogP contribution in [0.2, 0.25) is 5.02 Å². The molecule has 1 N–H and O–H groups in total. The van der Waals surface area contributed by atoms with Crippen LogP contribution in [-0.2, 0) is 0 Å². The number of benzene rings is 2. The molecule has 3 aromatic rings. The normalized spacial score (nSPS) is 19.4. The van der Waals surface area contributed by atoms with E-state index in [1.165, 1.54) is 5.56 Å². The molecule has 0 aliphatic carbocycles. The van der Waals surface area contributed by atoms with E-state index in [1.807, 2.05) is 47.1 Å². The molecule has 4 rings (SSSR count). The summed E-state index contributed by atoms with van der Waals surface area (Å²) in [6.07, 6.45) is 2.42. The van der Waals surface area contributed by atoms with Gasteiger partial charge in [-0.3, -0.25) is 0 Å². The first-order valence-corrected chi connectivity index (χ1v) is 8.18. The van der Waals surface area contributed by atoms with Gasteiger partial charge in [0.15, 0.2) is 0 Å². The lowest BCUT2D eigenvalue weighted by Gasteiger charge is -2.32. The number of hydrogen-bond acceptors (Lipinski definition) is 4. The molecule has 0 radical (unpaired) electrons. The number of methoxy groups -OCH3 is 1. The van der Waals surface area contributed by atoms with Gasteiger partial charge >= 0.3 is 0 Å². The number of anilines is 1. The number of halogens is 1. The number of aromatic nitrogens is 3. The SMILES string of the molecule is COc1ccccc1[C@H]1C[C@@H](c2ccc(Cl)cc2)Nc2ncnn21. The van der Waals surface area contributed by atoms with Gasteiger partial charge in [-0.2, -0.15) is 10.1 Å². The first-order chi connectivity index (χ1) is 11.8. The summed E-state index contributed by atoms with van der Waals surface area (Å²) >= 11 is 6.01. The lowest BCUT2D eigenvalue weighted by Crippen LogP contribution is -2.28. The third-order valence-electron chi connectivity index (χ3n) is 4.40. The van der Waals surface area contributed by atoms with Crippen molar-refractivity contribution in [2.24, 2.45) is 0 Å². The average molecular weight is 341 g/mol. The van der Waals surface area contributed by atoms with Gasteiger partial charge in [-0.05, 0) is 30.2 Å². The van der Waals surface area contributed by atoms with Gasteiger partial charge in [-0.25, -0.2) is 4.68 Å². The van der Waals surface area contributed by atoms with Crippen molar-refractivity contribution in [2.45, 2.75) is 18.5 Å². The maximum absolute atomic E-state index is 6.01. The van der Waals surface area contributed by atoms with Crippen LogP contribution in [0.5, 0.6) is 5.75 Å². The van der Waals surface area contributed by atoms with Crippen molar-refractivity contribution in [2.75, 3.05) is 12.4 Å². The third kappa shape index (κ3) is 2.61. The monoisotopic (exact) mass is 340 g/mol. The summed E-state index contributed by atoms with van der Waals surface area (Å²) in [5, 5.41) is 8.59. The summed E-state index contributed by atoms with van der Waals surface area (Å²) in [7, 11) is 1.69. The van der Waals surface area contributed by atoms with Crippen molar-refractivity contribution in [3.05, 3.63) is 71.0 Å². The molecule has 6 heteroatoms. The highest BCUT2D eigenvalue weighted by Gasteiger charge is 2.31. The van der Waals surface area contributed by atoms with E-state index in [0.717, 1.165) is 28.7 Å². The van der Waals surface area contributed by atoms with Crippen molar-refractivity contribution >= 4 is 17.5 Å². The zero-order chi connectivity index (χ0) is 16.5. The Morgan fingerprint density at radius 1 is 1.17 bits per heavy atom. The first kappa shape index (κ1) is 15.0. The van der Waals surface area contributed by atoms with Gasteiger partial charge in [-0.1, -0.05) is 41.9 Å². The standard InChI is InChI=1S/C18H17ClN4O/c1-24-17-5-3-2-4-14(17)16-10-15(12-6-8-13(19)9-7-12)22-18-20-11-21-23(16)18/h2-9,11,15-16H,10H2,1H3,(H,20,21,22)/t15-,16+/m0/s1. The summed E-state index contributed by atoms with van der Waals surface area (Å²) in [6, 6.07) is 16.2. The van der Waals surface area contributed by atoms with E-state index in [4.69, 9.17) is 16.3 Å². The molecule has 0 unspecified atom stereocenters. The highest BCUT2D eigenvalue weighted by atomic mass is 35.5. The van der Waals surface area contributed by atoms with E-state index < -0.39 is 0 Å². The Morgan fingerprint density at radius 3 is 2.75 bits per heavy atom. The van der Waals surface area contributed by atoms with Crippen molar-refractivity contribution in [1.29, 1.82) is 0 Å². The second-order valence-electron chi connectivity index (χ2n) is 5.77. The van der Waals surface area contributed by atoms with Crippen LogP contribution in [0.3, 0.4) is 0 Å². The molecule has 2 atom stereocenters.